The molecule has 0 amide bonds. The Bertz CT molecular complexity index is 487. The molecule has 0 fully saturated rings. The number of nitriles is 1. The van der Waals surface area contributed by atoms with E-state index in [0.717, 1.165) is 11.3 Å². The molecule has 72 valence electrons. The van der Waals surface area contributed by atoms with Gasteiger partial charge in [-0.25, -0.2) is 9.97 Å². The standard InChI is InChI=1S/C11H8N4/c12-5-3-11-14-7-4-10(15-11)9-2-1-6-13-8-9/h1-2,4,6-8H,3H2. The predicted octanol–water partition coefficient (Wildman–Crippen LogP) is 1.60. The monoisotopic (exact) mass is 196 g/mol. The van der Waals surface area contributed by atoms with Crippen LogP contribution in [0.15, 0.2) is 36.8 Å². The average molecular weight is 196 g/mol. The largest absolute Gasteiger partial charge is 0.264 e. The van der Waals surface area contributed by atoms with Crippen LogP contribution in [0, 0.1) is 11.3 Å². The molecule has 0 spiro atoms. The van der Waals surface area contributed by atoms with Crippen LogP contribution in [0.25, 0.3) is 11.3 Å². The van der Waals surface area contributed by atoms with E-state index in [0.29, 0.717) is 5.82 Å². The van der Waals surface area contributed by atoms with Crippen LogP contribution < -0.4 is 0 Å². The van der Waals surface area contributed by atoms with E-state index in [1.54, 1.807) is 24.7 Å². The zero-order valence-electron chi connectivity index (χ0n) is 7.96. The number of aromatic nitrogens is 3. The minimum Gasteiger partial charge on any atom is -0.264 e. The Morgan fingerprint density at radius 3 is 2.93 bits per heavy atom. The molecular weight excluding hydrogens is 188 g/mol. The summed E-state index contributed by atoms with van der Waals surface area (Å²) in [6, 6.07) is 7.60. The summed E-state index contributed by atoms with van der Waals surface area (Å²) in [5, 5.41) is 8.54. The van der Waals surface area contributed by atoms with Gasteiger partial charge >= 0.3 is 0 Å². The van der Waals surface area contributed by atoms with E-state index in [1.165, 1.54) is 0 Å². The van der Waals surface area contributed by atoms with Crippen LogP contribution in [0.1, 0.15) is 5.82 Å². The molecule has 0 bridgehead atoms. The second kappa shape index (κ2) is 4.29. The Balaban J connectivity index is 2.38. The fraction of sp³-hybridized carbons (Fsp3) is 0.0909. The third kappa shape index (κ3) is 2.15. The molecule has 2 rings (SSSR count). The Morgan fingerprint density at radius 2 is 2.20 bits per heavy atom. The molecule has 0 saturated carbocycles. The van der Waals surface area contributed by atoms with Crippen molar-refractivity contribution in [1.82, 2.24) is 15.0 Å². The molecule has 0 aliphatic carbocycles. The second-order valence-corrected chi connectivity index (χ2v) is 2.93. The Morgan fingerprint density at radius 1 is 1.27 bits per heavy atom. The van der Waals surface area contributed by atoms with Crippen LogP contribution in [-0.2, 0) is 6.42 Å². The van der Waals surface area contributed by atoms with Crippen LogP contribution in [0.3, 0.4) is 0 Å². The van der Waals surface area contributed by atoms with E-state index in [-0.39, 0.29) is 6.42 Å². The van der Waals surface area contributed by atoms with Crippen LogP contribution in [-0.4, -0.2) is 15.0 Å². The smallest absolute Gasteiger partial charge is 0.142 e. The lowest BCUT2D eigenvalue weighted by molar-refractivity contribution is 0.998. The van der Waals surface area contributed by atoms with Gasteiger partial charge in [-0.3, -0.25) is 4.98 Å². The lowest BCUT2D eigenvalue weighted by Gasteiger charge is -2.00. The van der Waals surface area contributed by atoms with E-state index in [2.05, 4.69) is 15.0 Å². The highest BCUT2D eigenvalue weighted by Crippen LogP contribution is 2.14. The van der Waals surface area contributed by atoms with Crippen molar-refractivity contribution < 1.29 is 0 Å². The normalized spacial score (nSPS) is 9.53. The fourth-order valence-corrected chi connectivity index (χ4v) is 1.23. The molecule has 0 radical (unpaired) electrons. The maximum Gasteiger partial charge on any atom is 0.142 e. The third-order valence-corrected chi connectivity index (χ3v) is 1.90. The number of hydrogen-bond acceptors (Lipinski definition) is 4. The zero-order valence-corrected chi connectivity index (χ0v) is 7.96. The highest BCUT2D eigenvalue weighted by atomic mass is 14.9. The van der Waals surface area contributed by atoms with E-state index < -0.39 is 0 Å². The van der Waals surface area contributed by atoms with E-state index >= 15 is 0 Å². The van der Waals surface area contributed by atoms with Crippen LogP contribution in [0.5, 0.6) is 0 Å². The molecule has 0 unspecified atom stereocenters. The maximum atomic E-state index is 8.54. The van der Waals surface area contributed by atoms with Crippen LogP contribution in [0.2, 0.25) is 0 Å². The summed E-state index contributed by atoms with van der Waals surface area (Å²) < 4.78 is 0. The van der Waals surface area contributed by atoms with Crippen molar-refractivity contribution in [3.8, 4) is 17.3 Å². The van der Waals surface area contributed by atoms with Crippen molar-refractivity contribution in [2.24, 2.45) is 0 Å². The van der Waals surface area contributed by atoms with Gasteiger partial charge in [0.15, 0.2) is 0 Å². The van der Waals surface area contributed by atoms with Gasteiger partial charge in [0, 0.05) is 24.2 Å². The van der Waals surface area contributed by atoms with Crippen LogP contribution in [0.4, 0.5) is 0 Å². The first-order valence-electron chi connectivity index (χ1n) is 4.49. The van der Waals surface area contributed by atoms with Crippen molar-refractivity contribution in [2.45, 2.75) is 6.42 Å². The molecule has 0 atom stereocenters. The molecule has 4 nitrogen and oxygen atoms in total. The Hall–Kier alpha value is -2.28. The van der Waals surface area contributed by atoms with Crippen molar-refractivity contribution >= 4 is 0 Å². The lowest BCUT2D eigenvalue weighted by atomic mass is 10.2. The van der Waals surface area contributed by atoms with Gasteiger partial charge in [0.05, 0.1) is 18.2 Å². The van der Waals surface area contributed by atoms with E-state index in [9.17, 15) is 0 Å². The number of hydrogen-bond donors (Lipinski definition) is 0. The van der Waals surface area contributed by atoms with Crippen molar-refractivity contribution in [3.63, 3.8) is 0 Å². The summed E-state index contributed by atoms with van der Waals surface area (Å²) in [6.07, 6.45) is 5.33. The first kappa shape index (κ1) is 9.28. The third-order valence-electron chi connectivity index (χ3n) is 1.90. The molecule has 2 heterocycles. The molecular formula is C11H8N4. The van der Waals surface area contributed by atoms with E-state index in [4.69, 9.17) is 5.26 Å². The van der Waals surface area contributed by atoms with Crippen molar-refractivity contribution in [1.29, 1.82) is 5.26 Å². The van der Waals surface area contributed by atoms with Gasteiger partial charge < -0.3 is 0 Å². The number of rotatable bonds is 2. The maximum absolute atomic E-state index is 8.54. The highest BCUT2D eigenvalue weighted by molar-refractivity contribution is 5.56. The number of nitrogens with zero attached hydrogens (tertiary/aromatic N) is 4. The molecule has 0 saturated heterocycles. The van der Waals surface area contributed by atoms with Crippen molar-refractivity contribution in [2.75, 3.05) is 0 Å². The molecule has 0 aliphatic heterocycles. The van der Waals surface area contributed by atoms with Crippen LogP contribution >= 0.6 is 0 Å². The minimum atomic E-state index is 0.230. The lowest BCUT2D eigenvalue weighted by Crippen LogP contribution is -1.94. The summed E-state index contributed by atoms with van der Waals surface area (Å²) in [7, 11) is 0. The van der Waals surface area contributed by atoms with Gasteiger partial charge in [-0.15, -0.1) is 0 Å². The molecule has 0 aromatic carbocycles. The van der Waals surface area contributed by atoms with Crippen molar-refractivity contribution in [3.05, 3.63) is 42.6 Å². The Kier molecular flexibility index (Phi) is 2.65. The summed E-state index contributed by atoms with van der Waals surface area (Å²) in [6.45, 7) is 0. The van der Waals surface area contributed by atoms with Gasteiger partial charge in [-0.2, -0.15) is 5.26 Å². The summed E-state index contributed by atoms with van der Waals surface area (Å²) in [4.78, 5) is 12.3. The average Bonchev–Trinajstić information content (AvgIpc) is 2.31. The molecule has 4 heteroatoms. The summed E-state index contributed by atoms with van der Waals surface area (Å²) >= 11 is 0. The first-order chi connectivity index (χ1) is 7.40. The van der Waals surface area contributed by atoms with Gasteiger partial charge in [-0.1, -0.05) is 0 Å². The molecule has 2 aromatic heterocycles. The van der Waals surface area contributed by atoms with Gasteiger partial charge in [0.1, 0.15) is 5.82 Å². The van der Waals surface area contributed by atoms with E-state index in [1.807, 2.05) is 18.2 Å². The first-order valence-corrected chi connectivity index (χ1v) is 4.49. The summed E-state index contributed by atoms with van der Waals surface area (Å²) in [5.74, 6) is 0.541. The predicted molar refractivity (Wildman–Crippen MR) is 54.6 cm³/mol. The minimum absolute atomic E-state index is 0.230. The SMILES string of the molecule is N#CCc1nccc(-c2cccnc2)n1. The topological polar surface area (TPSA) is 62.5 Å². The quantitative estimate of drug-likeness (QED) is 0.731. The van der Waals surface area contributed by atoms with Gasteiger partial charge in [-0.05, 0) is 18.2 Å². The Labute approximate surface area is 87.3 Å². The molecule has 2 aromatic rings. The fourth-order valence-electron chi connectivity index (χ4n) is 1.23. The highest BCUT2D eigenvalue weighted by Gasteiger charge is 2.01. The second-order valence-electron chi connectivity index (χ2n) is 2.93. The molecule has 0 aliphatic rings. The molecule has 15 heavy (non-hydrogen) atoms. The number of pyridine rings is 1. The van der Waals surface area contributed by atoms with Gasteiger partial charge in [0.25, 0.3) is 0 Å². The summed E-state index contributed by atoms with van der Waals surface area (Å²) in [5.41, 5.74) is 1.72. The van der Waals surface area contributed by atoms with Gasteiger partial charge in [0.2, 0.25) is 0 Å². The molecule has 0 N–H and O–H groups in total. The zero-order chi connectivity index (χ0) is 10.5.